The van der Waals surface area contributed by atoms with Crippen LogP contribution in [0.1, 0.15) is 24.2 Å². The maximum absolute atomic E-state index is 12.2. The molecule has 2 amide bonds. The van der Waals surface area contributed by atoms with Gasteiger partial charge in [0.1, 0.15) is 5.75 Å². The molecule has 7 heteroatoms. The van der Waals surface area contributed by atoms with Gasteiger partial charge in [-0.05, 0) is 56.3 Å². The van der Waals surface area contributed by atoms with Gasteiger partial charge in [0.25, 0.3) is 11.8 Å². The number of amides is 2. The summed E-state index contributed by atoms with van der Waals surface area (Å²) in [7, 11) is 0. The monoisotopic (exact) mass is 366 g/mol. The van der Waals surface area contributed by atoms with Crippen LogP contribution in [-0.2, 0) is 4.79 Å². The van der Waals surface area contributed by atoms with Crippen molar-refractivity contribution in [3.05, 3.63) is 64.1 Å². The zero-order valence-electron chi connectivity index (χ0n) is 13.1. The third kappa shape index (κ3) is 4.88. The molecule has 126 valence electrons. The number of hydrazine groups is 1. The molecule has 0 heterocycles. The van der Waals surface area contributed by atoms with Crippen LogP contribution in [0.5, 0.6) is 5.75 Å². The van der Waals surface area contributed by atoms with Gasteiger partial charge >= 0.3 is 0 Å². The zero-order chi connectivity index (χ0) is 17.7. The first-order valence-electron chi connectivity index (χ1n) is 7.09. The molecule has 0 aliphatic rings. The lowest BCUT2D eigenvalue weighted by atomic mass is 10.1. The molecular weight excluding hydrogens is 351 g/mol. The molecule has 0 saturated heterocycles. The van der Waals surface area contributed by atoms with Gasteiger partial charge in [-0.3, -0.25) is 20.4 Å². The van der Waals surface area contributed by atoms with Crippen LogP contribution in [0.25, 0.3) is 0 Å². The highest BCUT2D eigenvalue weighted by atomic mass is 35.5. The SMILES string of the molecule is CC(C)(Oc1ccc(Cl)cc1)C(=O)NNC(=O)c1cccc(Cl)c1. The fourth-order valence-electron chi connectivity index (χ4n) is 1.81. The molecular formula is C17H16Cl2N2O3. The Balaban J connectivity index is 1.95. The minimum Gasteiger partial charge on any atom is -0.478 e. The minimum atomic E-state index is -1.20. The second kappa shape index (κ2) is 7.55. The normalized spacial score (nSPS) is 10.8. The first-order valence-corrected chi connectivity index (χ1v) is 7.84. The van der Waals surface area contributed by atoms with Gasteiger partial charge in [-0.15, -0.1) is 0 Å². The summed E-state index contributed by atoms with van der Waals surface area (Å²) < 4.78 is 5.63. The lowest BCUT2D eigenvalue weighted by molar-refractivity contribution is -0.135. The molecule has 2 N–H and O–H groups in total. The number of halogens is 2. The summed E-state index contributed by atoms with van der Waals surface area (Å²) in [5, 5.41) is 0.999. The molecule has 0 aliphatic carbocycles. The van der Waals surface area contributed by atoms with Crippen LogP contribution in [0.15, 0.2) is 48.5 Å². The Hall–Kier alpha value is -2.24. The summed E-state index contributed by atoms with van der Waals surface area (Å²) in [4.78, 5) is 24.2. The average molecular weight is 367 g/mol. The number of ether oxygens (including phenoxy) is 1. The first-order chi connectivity index (χ1) is 11.3. The van der Waals surface area contributed by atoms with Crippen molar-refractivity contribution in [3.8, 4) is 5.75 Å². The lowest BCUT2D eigenvalue weighted by Crippen LogP contribution is -2.53. The largest absolute Gasteiger partial charge is 0.478 e. The second-order valence-corrected chi connectivity index (χ2v) is 6.36. The van der Waals surface area contributed by atoms with Crippen LogP contribution < -0.4 is 15.6 Å². The predicted octanol–water partition coefficient (Wildman–Crippen LogP) is 3.61. The maximum atomic E-state index is 12.2. The molecule has 0 unspecified atom stereocenters. The van der Waals surface area contributed by atoms with Crippen molar-refractivity contribution in [2.75, 3.05) is 0 Å². The molecule has 0 aromatic heterocycles. The molecule has 2 aromatic rings. The number of hydrogen-bond donors (Lipinski definition) is 2. The van der Waals surface area contributed by atoms with Gasteiger partial charge in [-0.1, -0.05) is 29.3 Å². The van der Waals surface area contributed by atoms with E-state index in [1.165, 1.54) is 6.07 Å². The van der Waals surface area contributed by atoms with Crippen molar-refractivity contribution in [1.29, 1.82) is 0 Å². The Morgan fingerprint density at radius 2 is 1.62 bits per heavy atom. The van der Waals surface area contributed by atoms with Gasteiger partial charge in [0.15, 0.2) is 5.60 Å². The van der Waals surface area contributed by atoms with E-state index in [1.807, 2.05) is 0 Å². The van der Waals surface area contributed by atoms with Gasteiger partial charge in [0, 0.05) is 15.6 Å². The standard InChI is InChI=1S/C17H16Cl2N2O3/c1-17(2,24-14-8-6-12(18)7-9-14)16(23)21-20-15(22)11-4-3-5-13(19)10-11/h3-10H,1-2H3,(H,20,22)(H,21,23). The summed E-state index contributed by atoms with van der Waals surface area (Å²) >= 11 is 11.6. The molecule has 0 fully saturated rings. The van der Waals surface area contributed by atoms with Crippen LogP contribution >= 0.6 is 23.2 Å². The van der Waals surface area contributed by atoms with Crippen LogP contribution in [0.2, 0.25) is 10.0 Å². The molecule has 0 bridgehead atoms. The Bertz CT molecular complexity index is 746. The maximum Gasteiger partial charge on any atom is 0.281 e. The third-order valence-electron chi connectivity index (χ3n) is 3.11. The fourth-order valence-corrected chi connectivity index (χ4v) is 2.13. The molecule has 0 saturated carbocycles. The van der Waals surface area contributed by atoms with Crippen molar-refractivity contribution in [2.45, 2.75) is 19.4 Å². The highest BCUT2D eigenvalue weighted by molar-refractivity contribution is 6.31. The van der Waals surface area contributed by atoms with Gasteiger partial charge in [0.05, 0.1) is 0 Å². The Morgan fingerprint density at radius 1 is 0.958 bits per heavy atom. The molecule has 0 aliphatic heterocycles. The van der Waals surface area contributed by atoms with Crippen molar-refractivity contribution < 1.29 is 14.3 Å². The summed E-state index contributed by atoms with van der Waals surface area (Å²) in [5.41, 5.74) is 3.80. The van der Waals surface area contributed by atoms with E-state index in [0.29, 0.717) is 21.4 Å². The van der Waals surface area contributed by atoms with Crippen molar-refractivity contribution in [1.82, 2.24) is 10.9 Å². The number of carbonyl (C=O) groups is 2. The number of hydrogen-bond acceptors (Lipinski definition) is 3. The van der Waals surface area contributed by atoms with Crippen molar-refractivity contribution in [2.24, 2.45) is 0 Å². The van der Waals surface area contributed by atoms with E-state index in [0.717, 1.165) is 0 Å². The zero-order valence-corrected chi connectivity index (χ0v) is 14.6. The van der Waals surface area contributed by atoms with Crippen LogP contribution in [-0.4, -0.2) is 17.4 Å². The Kier molecular flexibility index (Phi) is 5.70. The number of carbonyl (C=O) groups excluding carboxylic acids is 2. The van der Waals surface area contributed by atoms with Crippen LogP contribution in [0.4, 0.5) is 0 Å². The van der Waals surface area contributed by atoms with Crippen molar-refractivity contribution in [3.63, 3.8) is 0 Å². The van der Waals surface area contributed by atoms with Gasteiger partial charge in [-0.25, -0.2) is 0 Å². The first kappa shape index (κ1) is 18.1. The summed E-state index contributed by atoms with van der Waals surface area (Å²) in [6, 6.07) is 13.0. The minimum absolute atomic E-state index is 0.333. The Morgan fingerprint density at radius 3 is 2.25 bits per heavy atom. The topological polar surface area (TPSA) is 67.4 Å². The predicted molar refractivity (Wildman–Crippen MR) is 93.2 cm³/mol. The Labute approximate surface area is 149 Å². The lowest BCUT2D eigenvalue weighted by Gasteiger charge is -2.25. The molecule has 0 atom stereocenters. The van der Waals surface area contributed by atoms with E-state index in [2.05, 4.69) is 10.9 Å². The van der Waals surface area contributed by atoms with E-state index in [9.17, 15) is 9.59 Å². The number of rotatable bonds is 4. The van der Waals surface area contributed by atoms with E-state index in [-0.39, 0.29) is 0 Å². The summed E-state index contributed by atoms with van der Waals surface area (Å²) in [5.74, 6) is -0.498. The molecule has 5 nitrogen and oxygen atoms in total. The quantitative estimate of drug-likeness (QED) is 0.812. The smallest absolute Gasteiger partial charge is 0.281 e. The molecule has 0 radical (unpaired) electrons. The van der Waals surface area contributed by atoms with E-state index >= 15 is 0 Å². The second-order valence-electron chi connectivity index (χ2n) is 5.48. The molecule has 2 rings (SSSR count). The third-order valence-corrected chi connectivity index (χ3v) is 3.60. The van der Waals surface area contributed by atoms with Crippen LogP contribution in [0.3, 0.4) is 0 Å². The van der Waals surface area contributed by atoms with E-state index in [4.69, 9.17) is 27.9 Å². The van der Waals surface area contributed by atoms with Gasteiger partial charge in [-0.2, -0.15) is 0 Å². The molecule has 2 aromatic carbocycles. The molecule has 24 heavy (non-hydrogen) atoms. The average Bonchev–Trinajstić information content (AvgIpc) is 2.54. The molecule has 0 spiro atoms. The number of nitrogens with one attached hydrogen (secondary N) is 2. The highest BCUT2D eigenvalue weighted by Gasteiger charge is 2.30. The number of benzene rings is 2. The summed E-state index contributed by atoms with van der Waals surface area (Å²) in [6.07, 6.45) is 0. The van der Waals surface area contributed by atoms with E-state index < -0.39 is 17.4 Å². The van der Waals surface area contributed by atoms with Gasteiger partial charge in [0.2, 0.25) is 0 Å². The van der Waals surface area contributed by atoms with E-state index in [1.54, 1.807) is 56.3 Å². The fraction of sp³-hybridized carbons (Fsp3) is 0.176. The van der Waals surface area contributed by atoms with Crippen molar-refractivity contribution >= 4 is 35.0 Å². The highest BCUT2D eigenvalue weighted by Crippen LogP contribution is 2.20. The van der Waals surface area contributed by atoms with Crippen LogP contribution in [0, 0.1) is 0 Å². The summed E-state index contributed by atoms with van der Waals surface area (Å²) in [6.45, 7) is 3.17. The van der Waals surface area contributed by atoms with Gasteiger partial charge < -0.3 is 4.74 Å².